The second-order valence-corrected chi connectivity index (χ2v) is 9.45. The Hall–Kier alpha value is -4.13. The van der Waals surface area contributed by atoms with E-state index in [4.69, 9.17) is 32.7 Å². The van der Waals surface area contributed by atoms with Crippen molar-refractivity contribution in [1.29, 1.82) is 0 Å². The molecule has 0 spiro atoms. The molecule has 0 N–H and O–H groups in total. The number of nitro benzene ring substituents is 2. The van der Waals surface area contributed by atoms with Crippen LogP contribution in [0, 0.1) is 20.2 Å². The summed E-state index contributed by atoms with van der Waals surface area (Å²) in [5.41, 5.74) is -0.133. The molecule has 14 heteroatoms. The van der Waals surface area contributed by atoms with Crippen LogP contribution in [-0.4, -0.2) is 33.0 Å². The first-order valence-electron chi connectivity index (χ1n) is 10.6. The molecule has 3 aromatic rings. The highest BCUT2D eigenvalue weighted by atomic mass is 35.5. The van der Waals surface area contributed by atoms with Crippen molar-refractivity contribution in [1.82, 2.24) is 4.90 Å². The van der Waals surface area contributed by atoms with Gasteiger partial charge in [0.05, 0.1) is 34.5 Å². The van der Waals surface area contributed by atoms with Gasteiger partial charge in [0, 0.05) is 21.7 Å². The van der Waals surface area contributed by atoms with E-state index >= 15 is 0 Å². The van der Waals surface area contributed by atoms with Gasteiger partial charge in [-0.3, -0.25) is 34.7 Å². The molecule has 1 aliphatic heterocycles. The summed E-state index contributed by atoms with van der Waals surface area (Å²) >= 11 is 13.1. The summed E-state index contributed by atoms with van der Waals surface area (Å²) in [4.78, 5) is 47.5. The minimum Gasteiger partial charge on any atom is -0.493 e. The van der Waals surface area contributed by atoms with Crippen LogP contribution in [-0.2, 0) is 11.3 Å². The number of methoxy groups -OCH3 is 1. The lowest BCUT2D eigenvalue weighted by Gasteiger charge is -2.14. The van der Waals surface area contributed by atoms with Crippen LogP contribution < -0.4 is 9.47 Å². The number of hydrogen-bond donors (Lipinski definition) is 0. The zero-order valence-electron chi connectivity index (χ0n) is 19.3. The SMILES string of the molecule is COc1cc(/C=C2/SC(=O)N(Cc3c(Cl)cccc3Cl)C2=O)ccc1Oc1ccc([N+](=O)[O-])cc1[N+](=O)[O-]. The lowest BCUT2D eigenvalue weighted by atomic mass is 10.1. The second kappa shape index (κ2) is 11.1. The number of nitrogens with zero attached hydrogens (tertiary/aromatic N) is 3. The van der Waals surface area contributed by atoms with Crippen molar-refractivity contribution in [2.45, 2.75) is 6.54 Å². The van der Waals surface area contributed by atoms with Gasteiger partial charge in [-0.2, -0.15) is 0 Å². The minimum absolute atomic E-state index is 0.0862. The summed E-state index contributed by atoms with van der Waals surface area (Å²) in [6.07, 6.45) is 1.49. The Morgan fingerprint density at radius 1 is 0.947 bits per heavy atom. The van der Waals surface area contributed by atoms with E-state index in [1.165, 1.54) is 25.3 Å². The van der Waals surface area contributed by atoms with Gasteiger partial charge in [0.25, 0.3) is 16.8 Å². The monoisotopic (exact) mass is 575 g/mol. The van der Waals surface area contributed by atoms with Gasteiger partial charge in [-0.05, 0) is 53.7 Å². The third kappa shape index (κ3) is 5.57. The third-order valence-corrected chi connectivity index (χ3v) is 6.92. The third-order valence-electron chi connectivity index (χ3n) is 5.31. The van der Waals surface area contributed by atoms with E-state index in [2.05, 4.69) is 0 Å². The first-order chi connectivity index (χ1) is 18.1. The Bertz CT molecular complexity index is 1510. The molecule has 1 saturated heterocycles. The van der Waals surface area contributed by atoms with E-state index in [0.29, 0.717) is 21.2 Å². The van der Waals surface area contributed by atoms with Gasteiger partial charge in [0.2, 0.25) is 5.75 Å². The van der Waals surface area contributed by atoms with E-state index in [0.717, 1.165) is 34.9 Å². The zero-order chi connectivity index (χ0) is 27.6. The van der Waals surface area contributed by atoms with Gasteiger partial charge in [-0.1, -0.05) is 35.3 Å². The van der Waals surface area contributed by atoms with Gasteiger partial charge in [0.15, 0.2) is 11.5 Å². The topological polar surface area (TPSA) is 142 Å². The average molecular weight is 576 g/mol. The summed E-state index contributed by atoms with van der Waals surface area (Å²) in [5, 5.41) is 22.5. The van der Waals surface area contributed by atoms with Crippen LogP contribution in [0.5, 0.6) is 17.2 Å². The Morgan fingerprint density at radius 3 is 2.26 bits per heavy atom. The smallest absolute Gasteiger partial charge is 0.318 e. The van der Waals surface area contributed by atoms with Gasteiger partial charge < -0.3 is 9.47 Å². The molecule has 0 atom stereocenters. The molecule has 1 fully saturated rings. The maximum absolute atomic E-state index is 12.9. The molecule has 0 radical (unpaired) electrons. The van der Waals surface area contributed by atoms with Gasteiger partial charge >= 0.3 is 5.69 Å². The highest BCUT2D eigenvalue weighted by Crippen LogP contribution is 2.40. The van der Waals surface area contributed by atoms with E-state index in [9.17, 15) is 29.8 Å². The first kappa shape index (κ1) is 26.9. The average Bonchev–Trinajstić information content (AvgIpc) is 3.14. The minimum atomic E-state index is -0.797. The van der Waals surface area contributed by atoms with Crippen molar-refractivity contribution in [2.75, 3.05) is 7.11 Å². The van der Waals surface area contributed by atoms with Crippen LogP contribution in [0.3, 0.4) is 0 Å². The molecule has 4 rings (SSSR count). The zero-order valence-corrected chi connectivity index (χ0v) is 21.6. The largest absolute Gasteiger partial charge is 0.493 e. The summed E-state index contributed by atoms with van der Waals surface area (Å²) < 4.78 is 11.0. The molecular weight excluding hydrogens is 561 g/mol. The number of carbonyl (C=O) groups excluding carboxylic acids is 2. The molecule has 1 heterocycles. The molecule has 0 aliphatic carbocycles. The molecule has 0 unspecified atom stereocenters. The number of hydrogen-bond acceptors (Lipinski definition) is 9. The van der Waals surface area contributed by atoms with Crippen LogP contribution in [0.25, 0.3) is 6.08 Å². The number of rotatable bonds is 8. The molecular formula is C24H15Cl2N3O8S. The molecule has 0 saturated carbocycles. The lowest BCUT2D eigenvalue weighted by molar-refractivity contribution is -0.394. The van der Waals surface area contributed by atoms with Crippen molar-refractivity contribution >= 4 is 63.6 Å². The fourth-order valence-electron chi connectivity index (χ4n) is 3.45. The highest BCUT2D eigenvalue weighted by Gasteiger charge is 2.35. The van der Waals surface area contributed by atoms with Crippen LogP contribution in [0.1, 0.15) is 11.1 Å². The standard InChI is InChI=1S/C24H15Cl2N3O8S/c1-36-21-9-13(5-7-20(21)37-19-8-6-14(28(32)33)11-18(19)29(34)35)10-22-23(30)27(24(31)38-22)12-15-16(25)3-2-4-17(15)26/h2-11H,12H2,1H3/b22-10+. The van der Waals surface area contributed by atoms with Crippen molar-refractivity contribution in [3.63, 3.8) is 0 Å². The molecule has 2 amide bonds. The maximum atomic E-state index is 12.9. The van der Waals surface area contributed by atoms with E-state index in [-0.39, 0.29) is 28.7 Å². The summed E-state index contributed by atoms with van der Waals surface area (Å²) in [6, 6.07) is 12.4. The van der Waals surface area contributed by atoms with Crippen LogP contribution >= 0.6 is 35.0 Å². The number of imide groups is 1. The van der Waals surface area contributed by atoms with Crippen LogP contribution in [0.15, 0.2) is 59.5 Å². The number of halogens is 2. The fourth-order valence-corrected chi connectivity index (χ4v) is 4.81. The van der Waals surface area contributed by atoms with Crippen molar-refractivity contribution in [3.05, 3.63) is 101 Å². The Balaban J connectivity index is 1.59. The number of thioether (sulfide) groups is 1. The predicted octanol–water partition coefficient (Wildman–Crippen LogP) is 6.85. The predicted molar refractivity (Wildman–Crippen MR) is 141 cm³/mol. The normalized spacial score (nSPS) is 14.2. The Morgan fingerprint density at radius 2 is 1.63 bits per heavy atom. The van der Waals surface area contributed by atoms with Crippen molar-refractivity contribution in [3.8, 4) is 17.2 Å². The van der Waals surface area contributed by atoms with Gasteiger partial charge in [0.1, 0.15) is 0 Å². The van der Waals surface area contributed by atoms with Gasteiger partial charge in [-0.25, -0.2) is 0 Å². The second-order valence-electron chi connectivity index (χ2n) is 7.65. The molecule has 194 valence electrons. The van der Waals surface area contributed by atoms with Crippen molar-refractivity contribution < 1.29 is 28.9 Å². The fraction of sp³-hybridized carbons (Fsp3) is 0.0833. The number of carbonyl (C=O) groups is 2. The van der Waals surface area contributed by atoms with Crippen molar-refractivity contribution in [2.24, 2.45) is 0 Å². The number of ether oxygens (including phenoxy) is 2. The molecule has 11 nitrogen and oxygen atoms in total. The molecule has 38 heavy (non-hydrogen) atoms. The van der Waals surface area contributed by atoms with Crippen LogP contribution in [0.4, 0.5) is 16.2 Å². The maximum Gasteiger partial charge on any atom is 0.318 e. The Kier molecular flexibility index (Phi) is 7.86. The van der Waals surface area contributed by atoms with Crippen LogP contribution in [0.2, 0.25) is 10.0 Å². The summed E-state index contributed by atoms with van der Waals surface area (Å²) in [6.45, 7) is -0.0926. The van der Waals surface area contributed by atoms with E-state index in [1.807, 2.05) is 0 Å². The molecule has 0 aromatic heterocycles. The first-order valence-corrected chi connectivity index (χ1v) is 12.1. The number of amides is 2. The lowest BCUT2D eigenvalue weighted by Crippen LogP contribution is -2.27. The summed E-state index contributed by atoms with van der Waals surface area (Å²) in [5.74, 6) is -0.515. The number of non-ortho nitro benzene ring substituents is 1. The quantitative estimate of drug-likeness (QED) is 0.160. The van der Waals surface area contributed by atoms with E-state index in [1.54, 1.807) is 24.3 Å². The molecule has 1 aliphatic rings. The van der Waals surface area contributed by atoms with Gasteiger partial charge in [-0.15, -0.1) is 0 Å². The number of nitro groups is 2. The van der Waals surface area contributed by atoms with E-state index < -0.39 is 32.4 Å². The Labute approximate surface area is 228 Å². The summed E-state index contributed by atoms with van der Waals surface area (Å²) in [7, 11) is 1.34. The number of benzene rings is 3. The molecule has 3 aromatic carbocycles. The highest BCUT2D eigenvalue weighted by molar-refractivity contribution is 8.18. The molecule has 0 bridgehead atoms.